The van der Waals surface area contributed by atoms with E-state index in [0.717, 1.165) is 28.0 Å². The lowest BCUT2D eigenvalue weighted by Crippen LogP contribution is -2.27. The van der Waals surface area contributed by atoms with Crippen LogP contribution in [-0.2, 0) is 16.6 Å². The van der Waals surface area contributed by atoms with E-state index in [4.69, 9.17) is 11.6 Å². The molecule has 0 bridgehead atoms. The van der Waals surface area contributed by atoms with Gasteiger partial charge in [-0.3, -0.25) is 9.36 Å². The summed E-state index contributed by atoms with van der Waals surface area (Å²) in [7, 11) is -3.76. The number of thiazole rings is 1. The second kappa shape index (κ2) is 8.59. The van der Waals surface area contributed by atoms with Crippen LogP contribution in [0.5, 0.6) is 0 Å². The minimum absolute atomic E-state index is 0.131. The van der Waals surface area contributed by atoms with Gasteiger partial charge >= 0.3 is 4.87 Å². The summed E-state index contributed by atoms with van der Waals surface area (Å²) < 4.78 is 30.9. The van der Waals surface area contributed by atoms with E-state index in [0.29, 0.717) is 21.8 Å². The monoisotopic (exact) mass is 472 g/mol. The van der Waals surface area contributed by atoms with E-state index < -0.39 is 10.0 Å². The average molecular weight is 473 g/mol. The molecule has 0 spiro atoms. The van der Waals surface area contributed by atoms with Crippen molar-refractivity contribution in [2.75, 3.05) is 0 Å². The van der Waals surface area contributed by atoms with Crippen molar-refractivity contribution >= 4 is 43.2 Å². The third-order valence-electron chi connectivity index (χ3n) is 5.22. The molecule has 0 fully saturated rings. The molecular weight excluding hydrogens is 452 g/mol. The van der Waals surface area contributed by atoms with Crippen molar-refractivity contribution in [2.45, 2.75) is 31.3 Å². The molecular formula is C23H21ClN2O3S2. The second-order valence-corrected chi connectivity index (χ2v) is 10.5. The largest absolute Gasteiger partial charge is 0.308 e. The summed E-state index contributed by atoms with van der Waals surface area (Å²) in [5.41, 5.74) is 3.45. The number of aryl methyl sites for hydroxylation is 1. The minimum atomic E-state index is -3.76. The van der Waals surface area contributed by atoms with E-state index in [-0.39, 0.29) is 15.8 Å². The van der Waals surface area contributed by atoms with E-state index in [9.17, 15) is 13.2 Å². The topological polar surface area (TPSA) is 68.2 Å². The maximum atomic E-state index is 13.0. The van der Waals surface area contributed by atoms with Crippen molar-refractivity contribution in [1.82, 2.24) is 9.29 Å². The summed E-state index contributed by atoms with van der Waals surface area (Å²) in [4.78, 5) is 12.6. The first-order chi connectivity index (χ1) is 14.8. The highest BCUT2D eigenvalue weighted by Gasteiger charge is 2.21. The molecule has 160 valence electrons. The number of benzene rings is 3. The SMILES string of the molecule is Cc1ccccc1[C@H](C)NS(=O)(=O)c1ccc2c(c1)sc(=O)n2Cc1ccccc1Cl. The molecule has 1 N–H and O–H groups in total. The zero-order valence-electron chi connectivity index (χ0n) is 17.0. The molecule has 0 radical (unpaired) electrons. The van der Waals surface area contributed by atoms with Crippen LogP contribution in [0.3, 0.4) is 0 Å². The summed E-state index contributed by atoms with van der Waals surface area (Å²) in [6, 6.07) is 19.4. The molecule has 1 aromatic heterocycles. The van der Waals surface area contributed by atoms with Crippen LogP contribution in [0.2, 0.25) is 5.02 Å². The van der Waals surface area contributed by atoms with Crippen LogP contribution in [-0.4, -0.2) is 13.0 Å². The Morgan fingerprint density at radius 2 is 1.77 bits per heavy atom. The summed E-state index contributed by atoms with van der Waals surface area (Å²) in [5.74, 6) is 0. The van der Waals surface area contributed by atoms with E-state index in [1.807, 2.05) is 56.3 Å². The Bertz CT molecular complexity index is 1420. The number of nitrogens with zero attached hydrogens (tertiary/aromatic N) is 1. The van der Waals surface area contributed by atoms with Gasteiger partial charge in [0.15, 0.2) is 0 Å². The summed E-state index contributed by atoms with van der Waals surface area (Å²) in [5, 5.41) is 0.586. The first-order valence-electron chi connectivity index (χ1n) is 9.71. The highest BCUT2D eigenvalue weighted by Crippen LogP contribution is 2.25. The van der Waals surface area contributed by atoms with Gasteiger partial charge in [-0.1, -0.05) is 65.4 Å². The van der Waals surface area contributed by atoms with Crippen LogP contribution in [0.15, 0.2) is 76.4 Å². The number of rotatable bonds is 6. The summed E-state index contributed by atoms with van der Waals surface area (Å²) in [6.07, 6.45) is 0. The van der Waals surface area contributed by atoms with Gasteiger partial charge in [0.1, 0.15) is 0 Å². The third kappa shape index (κ3) is 4.45. The minimum Gasteiger partial charge on any atom is -0.294 e. The number of nitrogens with one attached hydrogen (secondary N) is 1. The Hall–Kier alpha value is -2.45. The van der Waals surface area contributed by atoms with Crippen LogP contribution < -0.4 is 9.60 Å². The molecule has 31 heavy (non-hydrogen) atoms. The highest BCUT2D eigenvalue weighted by atomic mass is 35.5. The maximum Gasteiger partial charge on any atom is 0.308 e. The van der Waals surface area contributed by atoms with Crippen LogP contribution in [0, 0.1) is 6.92 Å². The molecule has 0 unspecified atom stereocenters. The predicted octanol–water partition coefficient (Wildman–Crippen LogP) is 5.11. The zero-order chi connectivity index (χ0) is 22.2. The molecule has 0 aliphatic rings. The second-order valence-electron chi connectivity index (χ2n) is 7.37. The lowest BCUT2D eigenvalue weighted by atomic mass is 10.0. The van der Waals surface area contributed by atoms with Crippen molar-refractivity contribution in [3.8, 4) is 0 Å². The standard InChI is InChI=1S/C23H21ClN2O3S2/c1-15-7-3-5-9-19(15)16(2)25-31(28,29)18-11-12-21-22(13-18)30-23(27)26(21)14-17-8-4-6-10-20(17)24/h3-13,16,25H,14H2,1-2H3/t16-/m0/s1. The molecule has 0 saturated heterocycles. The number of sulfonamides is 1. The van der Waals surface area contributed by atoms with Gasteiger partial charge in [-0.15, -0.1) is 0 Å². The van der Waals surface area contributed by atoms with E-state index >= 15 is 0 Å². The summed E-state index contributed by atoms with van der Waals surface area (Å²) >= 11 is 7.26. The number of halogens is 1. The van der Waals surface area contributed by atoms with E-state index in [1.54, 1.807) is 22.8 Å². The van der Waals surface area contributed by atoms with Crippen LogP contribution in [0.25, 0.3) is 10.2 Å². The third-order valence-corrected chi connectivity index (χ3v) is 8.07. The van der Waals surface area contributed by atoms with Crippen molar-refractivity contribution in [2.24, 2.45) is 0 Å². The number of hydrogen-bond donors (Lipinski definition) is 1. The molecule has 1 heterocycles. The normalized spacial score (nSPS) is 12.9. The van der Waals surface area contributed by atoms with E-state index in [1.165, 1.54) is 6.07 Å². The van der Waals surface area contributed by atoms with Crippen LogP contribution in [0.4, 0.5) is 0 Å². The number of fused-ring (bicyclic) bond motifs is 1. The van der Waals surface area contributed by atoms with Crippen molar-refractivity contribution < 1.29 is 8.42 Å². The molecule has 1 atom stereocenters. The average Bonchev–Trinajstić information content (AvgIpc) is 3.04. The van der Waals surface area contributed by atoms with Crippen LogP contribution in [0.1, 0.15) is 29.7 Å². The van der Waals surface area contributed by atoms with Gasteiger partial charge in [0.05, 0.1) is 21.7 Å². The molecule has 5 nitrogen and oxygen atoms in total. The van der Waals surface area contributed by atoms with Crippen molar-refractivity contribution in [1.29, 1.82) is 0 Å². The van der Waals surface area contributed by atoms with Crippen LogP contribution >= 0.6 is 22.9 Å². The first kappa shape index (κ1) is 21.8. The highest BCUT2D eigenvalue weighted by molar-refractivity contribution is 7.89. The Labute approximate surface area is 190 Å². The zero-order valence-corrected chi connectivity index (χ0v) is 19.4. The van der Waals surface area contributed by atoms with Gasteiger partial charge in [-0.05, 0) is 54.8 Å². The fourth-order valence-corrected chi connectivity index (χ4v) is 6.05. The Morgan fingerprint density at radius 1 is 1.06 bits per heavy atom. The lowest BCUT2D eigenvalue weighted by Gasteiger charge is -2.17. The molecule has 4 rings (SSSR count). The summed E-state index contributed by atoms with van der Waals surface area (Å²) in [6.45, 7) is 4.09. The molecule has 3 aromatic carbocycles. The van der Waals surface area contributed by atoms with Crippen molar-refractivity contribution in [3.63, 3.8) is 0 Å². The molecule has 0 amide bonds. The molecule has 0 aliphatic heterocycles. The van der Waals surface area contributed by atoms with Crippen molar-refractivity contribution in [3.05, 3.63) is 98.1 Å². The Balaban J connectivity index is 1.66. The molecule has 0 saturated carbocycles. The van der Waals surface area contributed by atoms with Gasteiger partial charge in [-0.2, -0.15) is 0 Å². The smallest absolute Gasteiger partial charge is 0.294 e. The fraction of sp³-hybridized carbons (Fsp3) is 0.174. The molecule has 8 heteroatoms. The van der Waals surface area contributed by atoms with Gasteiger partial charge in [0, 0.05) is 11.1 Å². The lowest BCUT2D eigenvalue weighted by molar-refractivity contribution is 0.566. The Morgan fingerprint density at radius 3 is 2.52 bits per heavy atom. The first-order valence-corrected chi connectivity index (χ1v) is 12.4. The predicted molar refractivity (Wildman–Crippen MR) is 127 cm³/mol. The number of hydrogen-bond acceptors (Lipinski definition) is 4. The van der Waals surface area contributed by atoms with E-state index in [2.05, 4.69) is 4.72 Å². The van der Waals surface area contributed by atoms with Gasteiger partial charge in [0.2, 0.25) is 10.0 Å². The maximum absolute atomic E-state index is 13.0. The molecule has 4 aromatic rings. The van der Waals surface area contributed by atoms with Gasteiger partial charge < -0.3 is 0 Å². The number of aromatic nitrogens is 1. The Kier molecular flexibility index (Phi) is 6.03. The fourth-order valence-electron chi connectivity index (χ4n) is 3.60. The quantitative estimate of drug-likeness (QED) is 0.424. The molecule has 0 aliphatic carbocycles. The van der Waals surface area contributed by atoms with Gasteiger partial charge in [-0.25, -0.2) is 13.1 Å². The van der Waals surface area contributed by atoms with Gasteiger partial charge in [0.25, 0.3) is 0 Å².